The lowest BCUT2D eigenvalue weighted by Crippen LogP contribution is -2.52. The van der Waals surface area contributed by atoms with Crippen LogP contribution < -0.4 is 5.32 Å². The molecule has 0 spiro atoms. The smallest absolute Gasteiger partial charge is 0.409 e. The number of hydrogen-bond donors (Lipinski definition) is 1. The molecule has 1 N–H and O–H groups in total. The topological polar surface area (TPSA) is 121 Å². The van der Waals surface area contributed by atoms with Crippen molar-refractivity contribution in [3.63, 3.8) is 0 Å². The van der Waals surface area contributed by atoms with Crippen LogP contribution in [-0.4, -0.2) is 70.3 Å². The summed E-state index contributed by atoms with van der Waals surface area (Å²) in [5, 5.41) is 16.2. The van der Waals surface area contributed by atoms with Gasteiger partial charge in [0.05, 0.1) is 29.6 Å². The predicted molar refractivity (Wildman–Crippen MR) is 116 cm³/mol. The summed E-state index contributed by atoms with van der Waals surface area (Å²) >= 11 is 0. The summed E-state index contributed by atoms with van der Waals surface area (Å²) in [5.41, 5.74) is 1.82. The summed E-state index contributed by atoms with van der Waals surface area (Å²) in [5.74, 6) is -0.477. The van der Waals surface area contributed by atoms with Gasteiger partial charge in [-0.2, -0.15) is 10.4 Å². The molecule has 2 heterocycles. The molecule has 1 saturated heterocycles. The van der Waals surface area contributed by atoms with Crippen LogP contribution in [0.5, 0.6) is 0 Å². The Hall–Kier alpha value is -3.87. The summed E-state index contributed by atoms with van der Waals surface area (Å²) in [4.78, 5) is 40.6. The molecule has 32 heavy (non-hydrogen) atoms. The summed E-state index contributed by atoms with van der Waals surface area (Å²) in [6.45, 7) is 7.22. The van der Waals surface area contributed by atoms with Gasteiger partial charge in [0, 0.05) is 37.9 Å². The third kappa shape index (κ3) is 5.06. The number of nitrogens with zero attached hydrogens (tertiary/aromatic N) is 5. The van der Waals surface area contributed by atoms with Crippen LogP contribution in [0.4, 0.5) is 10.5 Å². The fraction of sp³-hybridized carbons (Fsp3) is 0.409. The molecule has 3 amide bonds. The highest BCUT2D eigenvalue weighted by Gasteiger charge is 2.29. The predicted octanol–water partition coefficient (Wildman–Crippen LogP) is 2.18. The van der Waals surface area contributed by atoms with Gasteiger partial charge in [0.1, 0.15) is 6.04 Å². The number of hydrogen-bond acceptors (Lipinski definition) is 6. The molecule has 1 fully saturated rings. The summed E-state index contributed by atoms with van der Waals surface area (Å²) in [6, 6.07) is 7.84. The van der Waals surface area contributed by atoms with E-state index in [0.29, 0.717) is 55.3 Å². The zero-order chi connectivity index (χ0) is 23.3. The van der Waals surface area contributed by atoms with Gasteiger partial charge in [0.2, 0.25) is 5.91 Å². The Bertz CT molecular complexity index is 1050. The van der Waals surface area contributed by atoms with Gasteiger partial charge < -0.3 is 19.9 Å². The molecule has 0 bridgehead atoms. The van der Waals surface area contributed by atoms with Crippen molar-refractivity contribution in [1.29, 1.82) is 5.26 Å². The molecular weight excluding hydrogens is 412 g/mol. The number of aryl methyl sites for hydroxylation is 1. The minimum Gasteiger partial charge on any atom is -0.450 e. The number of amides is 3. The number of aromatic nitrogens is 2. The van der Waals surface area contributed by atoms with E-state index in [2.05, 4.69) is 10.4 Å². The molecule has 1 aliphatic rings. The van der Waals surface area contributed by atoms with Gasteiger partial charge in [-0.3, -0.25) is 14.3 Å². The van der Waals surface area contributed by atoms with E-state index in [1.54, 1.807) is 55.0 Å². The van der Waals surface area contributed by atoms with Crippen molar-refractivity contribution in [2.75, 3.05) is 38.1 Å². The number of nitriles is 1. The van der Waals surface area contributed by atoms with Crippen molar-refractivity contribution in [2.24, 2.45) is 0 Å². The molecule has 2 aromatic rings. The van der Waals surface area contributed by atoms with E-state index in [1.165, 1.54) is 10.7 Å². The Balaban J connectivity index is 1.63. The van der Waals surface area contributed by atoms with Gasteiger partial charge in [0.25, 0.3) is 5.91 Å². The monoisotopic (exact) mass is 438 g/mol. The maximum atomic E-state index is 12.9. The van der Waals surface area contributed by atoms with Gasteiger partial charge in [0.15, 0.2) is 0 Å². The number of anilines is 1. The molecule has 3 rings (SSSR count). The molecule has 168 valence electrons. The van der Waals surface area contributed by atoms with Crippen LogP contribution >= 0.6 is 0 Å². The number of rotatable bonds is 5. The Morgan fingerprint density at radius 2 is 1.91 bits per heavy atom. The summed E-state index contributed by atoms with van der Waals surface area (Å²) in [7, 11) is 0. The van der Waals surface area contributed by atoms with E-state index in [4.69, 9.17) is 10.00 Å². The van der Waals surface area contributed by atoms with Crippen molar-refractivity contribution in [1.82, 2.24) is 19.6 Å². The molecule has 1 aromatic carbocycles. The molecule has 1 atom stereocenters. The molecule has 10 heteroatoms. The van der Waals surface area contributed by atoms with Gasteiger partial charge in [-0.15, -0.1) is 0 Å². The molecular formula is C22H26N6O4. The molecule has 10 nitrogen and oxygen atoms in total. The van der Waals surface area contributed by atoms with E-state index < -0.39 is 6.04 Å². The van der Waals surface area contributed by atoms with E-state index in [-0.39, 0.29) is 17.9 Å². The molecule has 0 radical (unpaired) electrons. The lowest BCUT2D eigenvalue weighted by atomic mass is 10.1. The highest BCUT2D eigenvalue weighted by molar-refractivity contribution is 6.04. The van der Waals surface area contributed by atoms with Crippen LogP contribution in [0, 0.1) is 18.3 Å². The van der Waals surface area contributed by atoms with Crippen molar-refractivity contribution in [3.8, 4) is 6.07 Å². The van der Waals surface area contributed by atoms with Crippen LogP contribution in [0.2, 0.25) is 0 Å². The van der Waals surface area contributed by atoms with Crippen molar-refractivity contribution >= 4 is 23.6 Å². The fourth-order valence-corrected chi connectivity index (χ4v) is 3.43. The first-order valence-corrected chi connectivity index (χ1v) is 10.4. The van der Waals surface area contributed by atoms with E-state index in [9.17, 15) is 14.4 Å². The van der Waals surface area contributed by atoms with Crippen LogP contribution in [0.15, 0.2) is 30.5 Å². The molecule has 1 aromatic heterocycles. The Labute approximate surface area is 186 Å². The van der Waals surface area contributed by atoms with Crippen LogP contribution in [0.1, 0.15) is 41.5 Å². The summed E-state index contributed by atoms with van der Waals surface area (Å²) < 4.78 is 6.53. The zero-order valence-electron chi connectivity index (χ0n) is 18.4. The lowest BCUT2D eigenvalue weighted by Gasteiger charge is -2.35. The third-order valence-electron chi connectivity index (χ3n) is 5.29. The second-order valence-corrected chi connectivity index (χ2v) is 7.44. The first kappa shape index (κ1) is 22.8. The summed E-state index contributed by atoms with van der Waals surface area (Å²) in [6.07, 6.45) is 1.26. The number of benzene rings is 1. The number of nitrogens with one attached hydrogen (secondary N) is 1. The minimum atomic E-state index is -0.574. The average Bonchev–Trinajstić information content (AvgIpc) is 3.18. The molecule has 1 unspecified atom stereocenters. The first-order chi connectivity index (χ1) is 15.3. The standard InChI is InChI=1S/C22H26N6O4/c1-4-32-22(31)27-10-8-26(9-11-27)21(30)16(3)28-14-19(15(2)25-28)24-20(29)18-7-5-6-17(12-18)13-23/h5-7,12,14,16H,4,8-11H2,1-3H3,(H,24,29). The number of carbonyl (C=O) groups is 3. The van der Waals surface area contributed by atoms with Crippen molar-refractivity contribution in [2.45, 2.75) is 26.8 Å². The second kappa shape index (κ2) is 9.96. The SMILES string of the molecule is CCOC(=O)N1CCN(C(=O)C(C)n2cc(NC(=O)c3cccc(C#N)c3)c(C)n2)CC1. The Morgan fingerprint density at radius 3 is 2.56 bits per heavy atom. The number of carbonyl (C=O) groups excluding carboxylic acids is 3. The van der Waals surface area contributed by atoms with Crippen LogP contribution in [-0.2, 0) is 9.53 Å². The molecule has 1 aliphatic heterocycles. The quantitative estimate of drug-likeness (QED) is 0.764. The Kier molecular flexibility index (Phi) is 7.10. The second-order valence-electron chi connectivity index (χ2n) is 7.44. The average molecular weight is 438 g/mol. The van der Waals surface area contributed by atoms with E-state index >= 15 is 0 Å². The largest absolute Gasteiger partial charge is 0.450 e. The van der Waals surface area contributed by atoms with Gasteiger partial charge in [-0.05, 0) is 39.0 Å². The molecule has 0 aliphatic carbocycles. The minimum absolute atomic E-state index is 0.115. The Morgan fingerprint density at radius 1 is 1.22 bits per heavy atom. The van der Waals surface area contributed by atoms with Crippen LogP contribution in [0.25, 0.3) is 0 Å². The van der Waals surface area contributed by atoms with E-state index in [0.717, 1.165) is 0 Å². The number of ether oxygens (including phenoxy) is 1. The molecule has 0 saturated carbocycles. The van der Waals surface area contributed by atoms with Crippen LogP contribution in [0.3, 0.4) is 0 Å². The maximum absolute atomic E-state index is 12.9. The first-order valence-electron chi connectivity index (χ1n) is 10.4. The highest BCUT2D eigenvalue weighted by Crippen LogP contribution is 2.19. The fourth-order valence-electron chi connectivity index (χ4n) is 3.43. The third-order valence-corrected chi connectivity index (χ3v) is 5.29. The maximum Gasteiger partial charge on any atom is 0.409 e. The van der Waals surface area contributed by atoms with Crippen molar-refractivity contribution < 1.29 is 19.1 Å². The van der Waals surface area contributed by atoms with Gasteiger partial charge in [-0.1, -0.05) is 6.07 Å². The highest BCUT2D eigenvalue weighted by atomic mass is 16.6. The lowest BCUT2D eigenvalue weighted by molar-refractivity contribution is -0.136. The van der Waals surface area contributed by atoms with Crippen molar-refractivity contribution in [3.05, 3.63) is 47.3 Å². The van der Waals surface area contributed by atoms with Gasteiger partial charge in [-0.25, -0.2) is 4.79 Å². The number of piperazine rings is 1. The van der Waals surface area contributed by atoms with Gasteiger partial charge >= 0.3 is 6.09 Å². The van der Waals surface area contributed by atoms with E-state index in [1.807, 2.05) is 6.07 Å². The zero-order valence-corrected chi connectivity index (χ0v) is 18.4. The normalized spacial score (nSPS) is 14.4.